The van der Waals surface area contributed by atoms with Gasteiger partial charge in [0.25, 0.3) is 5.56 Å². The smallest absolute Gasteiger partial charge is 0.338 e. The van der Waals surface area contributed by atoms with Gasteiger partial charge in [0.15, 0.2) is 4.80 Å². The number of fused-ring (bicyclic) bond motifs is 1. The lowest BCUT2D eigenvalue weighted by molar-refractivity contribution is -0.138. The fourth-order valence-electron chi connectivity index (χ4n) is 4.60. The molecule has 0 aliphatic carbocycles. The Hall–Kier alpha value is -4.43. The first kappa shape index (κ1) is 26.2. The molecule has 5 rings (SSSR count). The summed E-state index contributed by atoms with van der Waals surface area (Å²) in [6, 6.07) is 23.7. The van der Waals surface area contributed by atoms with Crippen molar-refractivity contribution in [2.24, 2.45) is 4.99 Å². The van der Waals surface area contributed by atoms with E-state index in [1.54, 1.807) is 18.6 Å². The predicted molar refractivity (Wildman–Crippen MR) is 152 cm³/mol. The van der Waals surface area contributed by atoms with Crippen LogP contribution < -0.4 is 24.4 Å². The van der Waals surface area contributed by atoms with Crippen LogP contribution in [0.2, 0.25) is 0 Å². The Labute approximate surface area is 229 Å². The number of para-hydroxylation sites is 1. The van der Waals surface area contributed by atoms with E-state index in [9.17, 15) is 9.59 Å². The van der Waals surface area contributed by atoms with Crippen molar-refractivity contribution in [1.82, 2.24) is 4.57 Å². The maximum absolute atomic E-state index is 14.0. The molecule has 0 spiro atoms. The summed E-state index contributed by atoms with van der Waals surface area (Å²) >= 11 is 1.27. The molecule has 0 fully saturated rings. The molecule has 1 atom stereocenters. The Balaban J connectivity index is 1.83. The quantitative estimate of drug-likeness (QED) is 0.311. The molecule has 1 aliphatic heterocycles. The van der Waals surface area contributed by atoms with E-state index in [1.165, 1.54) is 11.3 Å². The van der Waals surface area contributed by atoms with Crippen molar-refractivity contribution in [1.29, 1.82) is 0 Å². The monoisotopic (exact) mass is 540 g/mol. The van der Waals surface area contributed by atoms with Crippen LogP contribution in [0.15, 0.2) is 94.2 Å². The minimum Gasteiger partial charge on any atom is -0.497 e. The van der Waals surface area contributed by atoms with E-state index in [0.717, 1.165) is 11.1 Å². The number of methoxy groups -OCH3 is 1. The minimum atomic E-state index is -0.769. The van der Waals surface area contributed by atoms with E-state index in [2.05, 4.69) is 0 Å². The van der Waals surface area contributed by atoms with E-state index in [4.69, 9.17) is 19.2 Å². The van der Waals surface area contributed by atoms with Crippen LogP contribution in [0.3, 0.4) is 0 Å². The highest BCUT2D eigenvalue weighted by Gasteiger charge is 2.35. The molecule has 4 aromatic rings. The van der Waals surface area contributed by atoms with Gasteiger partial charge in [0, 0.05) is 11.1 Å². The van der Waals surface area contributed by atoms with Gasteiger partial charge in [0.2, 0.25) is 0 Å². The Bertz CT molecular complexity index is 1720. The second kappa shape index (κ2) is 11.5. The van der Waals surface area contributed by atoms with Gasteiger partial charge in [0.05, 0.1) is 42.2 Å². The molecule has 0 N–H and O–H groups in total. The molecule has 198 valence electrons. The van der Waals surface area contributed by atoms with Crippen molar-refractivity contribution < 1.29 is 19.0 Å². The molecule has 0 unspecified atom stereocenters. The molecule has 7 nitrogen and oxygen atoms in total. The maximum Gasteiger partial charge on any atom is 0.338 e. The summed E-state index contributed by atoms with van der Waals surface area (Å²) in [6.07, 6.45) is 1.81. The second-order valence-corrected chi connectivity index (χ2v) is 9.69. The molecule has 0 radical (unpaired) electrons. The van der Waals surface area contributed by atoms with Gasteiger partial charge in [-0.15, -0.1) is 0 Å². The fourth-order valence-corrected chi connectivity index (χ4v) is 5.59. The molecule has 0 saturated heterocycles. The molecular formula is C31H28N2O5S. The normalized spacial score (nSPS) is 14.9. The molecule has 39 heavy (non-hydrogen) atoms. The van der Waals surface area contributed by atoms with Crippen LogP contribution in [0.1, 0.15) is 36.6 Å². The van der Waals surface area contributed by atoms with Gasteiger partial charge in [-0.1, -0.05) is 72.0 Å². The summed E-state index contributed by atoms with van der Waals surface area (Å²) < 4.78 is 18.8. The highest BCUT2D eigenvalue weighted by molar-refractivity contribution is 7.07. The number of ether oxygens (including phenoxy) is 3. The first-order valence-corrected chi connectivity index (χ1v) is 13.5. The number of hydrogen-bond acceptors (Lipinski definition) is 7. The highest BCUT2D eigenvalue weighted by atomic mass is 32.1. The van der Waals surface area contributed by atoms with Crippen LogP contribution in [-0.2, 0) is 9.53 Å². The lowest BCUT2D eigenvalue weighted by Gasteiger charge is -2.26. The molecule has 0 bridgehead atoms. The molecule has 0 saturated carbocycles. The van der Waals surface area contributed by atoms with Crippen LogP contribution in [0.25, 0.3) is 11.8 Å². The van der Waals surface area contributed by atoms with Crippen molar-refractivity contribution in [2.75, 3.05) is 20.3 Å². The van der Waals surface area contributed by atoms with E-state index < -0.39 is 12.0 Å². The number of aromatic nitrogens is 1. The number of thiazole rings is 1. The summed E-state index contributed by atoms with van der Waals surface area (Å²) in [5.74, 6) is 0.776. The van der Waals surface area contributed by atoms with Gasteiger partial charge in [0.1, 0.15) is 11.5 Å². The largest absolute Gasteiger partial charge is 0.497 e. The third-order valence-corrected chi connectivity index (χ3v) is 7.27. The third kappa shape index (κ3) is 5.15. The SMILES string of the molecule is CCOC(=O)C1=C(c2ccccc2)N=c2s/c(=C\c3ccccc3OCC)c(=O)n2[C@@H]1c1cccc(OC)c1. The lowest BCUT2D eigenvalue weighted by Crippen LogP contribution is -2.40. The number of esters is 1. The molecule has 1 aliphatic rings. The molecule has 2 heterocycles. The van der Waals surface area contributed by atoms with Crippen LogP contribution in [0.4, 0.5) is 0 Å². The standard InChI is InChI=1S/C31H28N2O5S/c1-4-37-24-17-10-9-14-21(24)19-25-29(34)33-28(22-15-11-16-23(18-22)36-3)26(30(35)38-5-2)27(32-31(33)39-25)20-12-7-6-8-13-20/h6-19,28H,4-5H2,1-3H3/b25-19-/t28-/m1/s1. The molecular weight excluding hydrogens is 512 g/mol. The number of hydrogen-bond donors (Lipinski definition) is 0. The maximum atomic E-state index is 14.0. The number of carbonyl (C=O) groups excluding carboxylic acids is 1. The van der Waals surface area contributed by atoms with Crippen molar-refractivity contribution >= 4 is 29.1 Å². The zero-order valence-electron chi connectivity index (χ0n) is 21.9. The minimum absolute atomic E-state index is 0.188. The van der Waals surface area contributed by atoms with Crippen LogP contribution >= 0.6 is 11.3 Å². The Morgan fingerprint density at radius 1 is 1.00 bits per heavy atom. The number of benzene rings is 3. The molecule has 1 aromatic heterocycles. The first-order chi connectivity index (χ1) is 19.0. The van der Waals surface area contributed by atoms with Crippen LogP contribution in [-0.4, -0.2) is 30.9 Å². The zero-order chi connectivity index (χ0) is 27.4. The fraction of sp³-hybridized carbons (Fsp3) is 0.194. The summed E-state index contributed by atoms with van der Waals surface area (Å²) in [5.41, 5.74) is 2.77. The predicted octanol–water partition coefficient (Wildman–Crippen LogP) is 4.34. The highest BCUT2D eigenvalue weighted by Crippen LogP contribution is 2.36. The van der Waals surface area contributed by atoms with E-state index in [1.807, 2.05) is 91.9 Å². The average Bonchev–Trinajstić information content (AvgIpc) is 3.28. The van der Waals surface area contributed by atoms with Gasteiger partial charge in [-0.05, 0) is 43.7 Å². The van der Waals surface area contributed by atoms with Gasteiger partial charge < -0.3 is 14.2 Å². The van der Waals surface area contributed by atoms with Crippen molar-refractivity contribution in [3.8, 4) is 11.5 Å². The van der Waals surface area contributed by atoms with Crippen LogP contribution in [0.5, 0.6) is 11.5 Å². The van der Waals surface area contributed by atoms with Crippen molar-refractivity contribution in [3.63, 3.8) is 0 Å². The summed E-state index contributed by atoms with van der Waals surface area (Å²) in [5, 5.41) is 0. The number of nitrogens with zero attached hydrogens (tertiary/aromatic N) is 2. The van der Waals surface area contributed by atoms with Crippen molar-refractivity contribution in [2.45, 2.75) is 19.9 Å². The number of carbonyl (C=O) groups is 1. The van der Waals surface area contributed by atoms with Crippen LogP contribution in [0, 0.1) is 0 Å². The molecule has 3 aromatic carbocycles. The number of rotatable bonds is 8. The molecule has 0 amide bonds. The summed E-state index contributed by atoms with van der Waals surface area (Å²) in [6.45, 7) is 4.37. The molecule has 8 heteroatoms. The second-order valence-electron chi connectivity index (χ2n) is 8.68. The van der Waals surface area contributed by atoms with E-state index >= 15 is 0 Å². The van der Waals surface area contributed by atoms with Gasteiger partial charge in [-0.2, -0.15) is 0 Å². The van der Waals surface area contributed by atoms with Crippen molar-refractivity contribution in [3.05, 3.63) is 121 Å². The Kier molecular flexibility index (Phi) is 7.74. The van der Waals surface area contributed by atoms with E-state index in [0.29, 0.717) is 44.3 Å². The topological polar surface area (TPSA) is 79.1 Å². The summed E-state index contributed by atoms with van der Waals surface area (Å²) in [7, 11) is 1.58. The third-order valence-electron chi connectivity index (χ3n) is 6.29. The van der Waals surface area contributed by atoms with Gasteiger partial charge in [-0.3, -0.25) is 9.36 Å². The van der Waals surface area contributed by atoms with E-state index in [-0.39, 0.29) is 12.2 Å². The zero-order valence-corrected chi connectivity index (χ0v) is 22.7. The Morgan fingerprint density at radius 2 is 1.77 bits per heavy atom. The Morgan fingerprint density at radius 3 is 2.51 bits per heavy atom. The first-order valence-electron chi connectivity index (χ1n) is 12.7. The van der Waals surface area contributed by atoms with Gasteiger partial charge in [-0.25, -0.2) is 9.79 Å². The lowest BCUT2D eigenvalue weighted by atomic mass is 9.93. The van der Waals surface area contributed by atoms with Gasteiger partial charge >= 0.3 is 5.97 Å². The summed E-state index contributed by atoms with van der Waals surface area (Å²) in [4.78, 5) is 32.9. The average molecular weight is 541 g/mol.